The molecule has 0 spiro atoms. The molecule has 8 nitrogen and oxygen atoms in total. The second-order valence-corrected chi connectivity index (χ2v) is 8.99. The molecule has 1 fully saturated rings. The van der Waals surface area contributed by atoms with Gasteiger partial charge in [-0.25, -0.2) is 4.98 Å². The fraction of sp³-hybridized carbons (Fsp3) is 0.462. The predicted molar refractivity (Wildman–Crippen MR) is 137 cm³/mol. The Balaban J connectivity index is 1.76. The number of hydrogen-bond acceptors (Lipinski definition) is 8. The topological polar surface area (TPSA) is 79.4 Å². The molecular formula is C26H32N2O6S. The molecule has 1 unspecified atom stereocenters. The van der Waals surface area contributed by atoms with Crippen LogP contribution in [0.15, 0.2) is 30.3 Å². The number of nitrogens with zero attached hydrogens (tertiary/aromatic N) is 2. The summed E-state index contributed by atoms with van der Waals surface area (Å²) >= 11 is 1.47. The molecule has 1 saturated heterocycles. The Morgan fingerprint density at radius 2 is 1.80 bits per heavy atom. The van der Waals surface area contributed by atoms with Gasteiger partial charge in [0.25, 0.3) is 5.91 Å². The van der Waals surface area contributed by atoms with Crippen LogP contribution < -0.4 is 23.8 Å². The van der Waals surface area contributed by atoms with E-state index in [1.165, 1.54) is 11.3 Å². The molecule has 188 valence electrons. The fourth-order valence-corrected chi connectivity index (χ4v) is 5.00. The molecule has 1 aromatic heterocycles. The number of aromatic nitrogens is 1. The van der Waals surface area contributed by atoms with E-state index in [9.17, 15) is 4.79 Å². The van der Waals surface area contributed by atoms with Crippen LogP contribution in [0.5, 0.6) is 23.0 Å². The van der Waals surface area contributed by atoms with E-state index in [1.54, 1.807) is 24.1 Å². The minimum atomic E-state index is -0.198. The summed E-state index contributed by atoms with van der Waals surface area (Å²) in [5.74, 6) is 1.99. The molecule has 2 heterocycles. The second-order valence-electron chi connectivity index (χ2n) is 7.98. The van der Waals surface area contributed by atoms with Gasteiger partial charge in [-0.2, -0.15) is 0 Å². The zero-order valence-corrected chi connectivity index (χ0v) is 21.5. The van der Waals surface area contributed by atoms with E-state index >= 15 is 0 Å². The van der Waals surface area contributed by atoms with Crippen molar-refractivity contribution in [1.82, 2.24) is 4.98 Å². The number of carbonyl (C=O) groups is 1. The summed E-state index contributed by atoms with van der Waals surface area (Å²) in [4.78, 5) is 20.5. The van der Waals surface area contributed by atoms with Gasteiger partial charge < -0.3 is 23.7 Å². The van der Waals surface area contributed by atoms with Crippen LogP contribution in [-0.4, -0.2) is 57.1 Å². The van der Waals surface area contributed by atoms with Crippen LogP contribution >= 0.6 is 11.3 Å². The molecule has 1 aliphatic rings. The summed E-state index contributed by atoms with van der Waals surface area (Å²) in [5, 5.41) is 0.610. The number of amides is 1. The van der Waals surface area contributed by atoms with E-state index in [4.69, 9.17) is 28.7 Å². The molecule has 0 N–H and O–H groups in total. The van der Waals surface area contributed by atoms with Crippen LogP contribution in [0.2, 0.25) is 0 Å². The fourth-order valence-electron chi connectivity index (χ4n) is 4.05. The molecule has 1 aliphatic heterocycles. The second kappa shape index (κ2) is 11.6. The number of fused-ring (bicyclic) bond motifs is 1. The van der Waals surface area contributed by atoms with Gasteiger partial charge >= 0.3 is 0 Å². The molecule has 35 heavy (non-hydrogen) atoms. The number of thiazole rings is 1. The SMILES string of the molecule is CCOc1cc(C(=O)N(CC2CCCO2)c2nc3cc(OC)ccc3s2)cc(OCC)c1OCC. The highest BCUT2D eigenvalue weighted by Crippen LogP contribution is 2.40. The summed E-state index contributed by atoms with van der Waals surface area (Å²) in [5.41, 5.74) is 1.22. The Kier molecular flexibility index (Phi) is 8.30. The van der Waals surface area contributed by atoms with E-state index in [0.29, 0.717) is 60.9 Å². The molecule has 9 heteroatoms. The normalized spacial score (nSPS) is 15.3. The monoisotopic (exact) mass is 500 g/mol. The van der Waals surface area contributed by atoms with Gasteiger partial charge in [0.1, 0.15) is 5.75 Å². The molecule has 0 aliphatic carbocycles. The summed E-state index contributed by atoms with van der Waals surface area (Å²) in [7, 11) is 1.62. The number of anilines is 1. The van der Waals surface area contributed by atoms with E-state index in [-0.39, 0.29) is 12.0 Å². The summed E-state index contributed by atoms with van der Waals surface area (Å²) in [6, 6.07) is 9.17. The maximum Gasteiger partial charge on any atom is 0.260 e. The largest absolute Gasteiger partial charge is 0.497 e. The van der Waals surface area contributed by atoms with Gasteiger partial charge in [0.15, 0.2) is 16.6 Å². The van der Waals surface area contributed by atoms with E-state index in [0.717, 1.165) is 28.8 Å². The summed E-state index contributed by atoms with van der Waals surface area (Å²) in [6.07, 6.45) is 1.84. The van der Waals surface area contributed by atoms with Crippen molar-refractivity contribution in [3.8, 4) is 23.0 Å². The maximum absolute atomic E-state index is 14.0. The number of ether oxygens (including phenoxy) is 5. The van der Waals surface area contributed by atoms with Gasteiger partial charge in [-0.15, -0.1) is 0 Å². The van der Waals surface area contributed by atoms with Crippen molar-refractivity contribution >= 4 is 32.6 Å². The maximum atomic E-state index is 14.0. The number of hydrogen-bond donors (Lipinski definition) is 0. The smallest absolute Gasteiger partial charge is 0.260 e. The first kappa shape index (κ1) is 25.1. The van der Waals surface area contributed by atoms with Gasteiger partial charge in [0, 0.05) is 18.2 Å². The van der Waals surface area contributed by atoms with Gasteiger partial charge in [-0.1, -0.05) is 11.3 Å². The number of rotatable bonds is 11. The van der Waals surface area contributed by atoms with Crippen LogP contribution in [0.4, 0.5) is 5.13 Å². The first-order valence-electron chi connectivity index (χ1n) is 12.0. The minimum absolute atomic E-state index is 0.0408. The Bertz CT molecular complexity index is 1130. The van der Waals surface area contributed by atoms with E-state index in [2.05, 4.69) is 0 Å². The zero-order valence-electron chi connectivity index (χ0n) is 20.7. The van der Waals surface area contributed by atoms with Crippen molar-refractivity contribution in [1.29, 1.82) is 0 Å². The highest BCUT2D eigenvalue weighted by molar-refractivity contribution is 7.22. The van der Waals surface area contributed by atoms with Crippen molar-refractivity contribution in [2.75, 3.05) is 45.0 Å². The third-order valence-electron chi connectivity index (χ3n) is 5.63. The van der Waals surface area contributed by atoms with Gasteiger partial charge in [-0.05, 0) is 57.9 Å². The summed E-state index contributed by atoms with van der Waals surface area (Å²) in [6.45, 7) is 8.12. The van der Waals surface area contributed by atoms with Gasteiger partial charge in [0.2, 0.25) is 5.75 Å². The molecule has 3 aromatic rings. The van der Waals surface area contributed by atoms with Crippen molar-refractivity contribution in [2.45, 2.75) is 39.7 Å². The molecule has 1 atom stereocenters. The zero-order chi connectivity index (χ0) is 24.8. The molecule has 4 rings (SSSR count). The van der Waals surface area contributed by atoms with E-state index in [1.807, 2.05) is 39.0 Å². The van der Waals surface area contributed by atoms with Crippen molar-refractivity contribution in [3.05, 3.63) is 35.9 Å². The van der Waals surface area contributed by atoms with E-state index < -0.39 is 0 Å². The Morgan fingerprint density at radius 3 is 2.40 bits per heavy atom. The van der Waals surface area contributed by atoms with Crippen molar-refractivity contribution in [2.24, 2.45) is 0 Å². The lowest BCUT2D eigenvalue weighted by molar-refractivity contribution is 0.0916. The van der Waals surface area contributed by atoms with Crippen LogP contribution in [0, 0.1) is 0 Å². The van der Waals surface area contributed by atoms with Crippen LogP contribution in [-0.2, 0) is 4.74 Å². The van der Waals surface area contributed by atoms with Crippen LogP contribution in [0.1, 0.15) is 44.0 Å². The third kappa shape index (κ3) is 5.62. The molecule has 0 bridgehead atoms. The van der Waals surface area contributed by atoms with Crippen molar-refractivity contribution in [3.63, 3.8) is 0 Å². The minimum Gasteiger partial charge on any atom is -0.497 e. The van der Waals surface area contributed by atoms with Gasteiger partial charge in [0.05, 0.1) is 49.8 Å². The molecule has 0 saturated carbocycles. The molecule has 0 radical (unpaired) electrons. The van der Waals surface area contributed by atoms with Crippen LogP contribution in [0.25, 0.3) is 10.2 Å². The molecule has 2 aromatic carbocycles. The Morgan fingerprint density at radius 1 is 1.09 bits per heavy atom. The number of benzene rings is 2. The highest BCUT2D eigenvalue weighted by Gasteiger charge is 2.29. The quantitative estimate of drug-likeness (QED) is 0.352. The average molecular weight is 501 g/mol. The average Bonchev–Trinajstić information content (AvgIpc) is 3.53. The Labute approximate surface area is 209 Å². The molecule has 1 amide bonds. The standard InChI is InChI=1S/C26H32N2O6S/c1-5-31-21-13-17(14-22(32-6-2)24(21)33-7-3)25(29)28(16-19-9-8-12-34-19)26-27-20-15-18(30-4)10-11-23(20)35-26/h10-11,13-15,19H,5-9,12,16H2,1-4H3. The number of carbonyl (C=O) groups excluding carboxylic acids is 1. The Hall–Kier alpha value is -3.04. The first-order chi connectivity index (χ1) is 17.1. The lowest BCUT2D eigenvalue weighted by Gasteiger charge is -2.24. The van der Waals surface area contributed by atoms with Gasteiger partial charge in [-0.3, -0.25) is 9.69 Å². The highest BCUT2D eigenvalue weighted by atomic mass is 32.1. The predicted octanol–water partition coefficient (Wildman–Crippen LogP) is 5.33. The lowest BCUT2D eigenvalue weighted by atomic mass is 10.1. The number of methoxy groups -OCH3 is 1. The lowest BCUT2D eigenvalue weighted by Crippen LogP contribution is -2.37. The summed E-state index contributed by atoms with van der Waals surface area (Å²) < 4.78 is 29.7. The molecular weight excluding hydrogens is 468 g/mol. The van der Waals surface area contributed by atoms with Crippen LogP contribution in [0.3, 0.4) is 0 Å². The van der Waals surface area contributed by atoms with Crippen molar-refractivity contribution < 1.29 is 28.5 Å². The third-order valence-corrected chi connectivity index (χ3v) is 6.69. The first-order valence-corrected chi connectivity index (χ1v) is 12.8.